The molecule has 0 heteroatoms. The van der Waals surface area contributed by atoms with Crippen molar-refractivity contribution in [1.29, 1.82) is 0 Å². The van der Waals surface area contributed by atoms with Crippen molar-refractivity contribution in [3.05, 3.63) is 66.8 Å². The second kappa shape index (κ2) is 7.81. The second-order valence-corrected chi connectivity index (χ2v) is 3.39. The predicted octanol–water partition coefficient (Wildman–Crippen LogP) is 4.61. The summed E-state index contributed by atoms with van der Waals surface area (Å²) in [5.41, 5.74) is 1.26. The van der Waals surface area contributed by atoms with Crippen LogP contribution in [0.25, 0.3) is 6.08 Å². The van der Waals surface area contributed by atoms with Gasteiger partial charge in [-0.25, -0.2) is 0 Å². The van der Waals surface area contributed by atoms with E-state index < -0.39 is 0 Å². The van der Waals surface area contributed by atoms with Crippen LogP contribution in [0.2, 0.25) is 0 Å². The minimum Gasteiger partial charge on any atom is -0.103 e. The molecule has 0 fully saturated rings. The van der Waals surface area contributed by atoms with Gasteiger partial charge >= 0.3 is 0 Å². The van der Waals surface area contributed by atoms with Crippen LogP contribution in [0, 0.1) is 0 Å². The summed E-state index contributed by atoms with van der Waals surface area (Å²) in [6.45, 7) is 3.69. The first-order valence-electron chi connectivity index (χ1n) is 5.41. The summed E-state index contributed by atoms with van der Waals surface area (Å²) in [5, 5.41) is 0. The van der Waals surface area contributed by atoms with Gasteiger partial charge in [-0.05, 0) is 24.8 Å². The first-order chi connectivity index (χ1) is 7.43. The quantitative estimate of drug-likeness (QED) is 0.462. The smallest absolute Gasteiger partial charge is 0.0166 e. The van der Waals surface area contributed by atoms with Crippen molar-refractivity contribution in [1.82, 2.24) is 0 Å². The molecule has 0 aliphatic heterocycles. The zero-order valence-electron chi connectivity index (χ0n) is 9.10. The van der Waals surface area contributed by atoms with Crippen molar-refractivity contribution >= 4 is 6.08 Å². The lowest BCUT2D eigenvalue weighted by atomic mass is 10.2. The Hall–Kier alpha value is -1.56. The van der Waals surface area contributed by atoms with Crippen molar-refractivity contribution < 1.29 is 0 Å². The van der Waals surface area contributed by atoms with Gasteiger partial charge in [0.15, 0.2) is 0 Å². The largest absolute Gasteiger partial charge is 0.103 e. The van der Waals surface area contributed by atoms with Gasteiger partial charge in [0, 0.05) is 0 Å². The van der Waals surface area contributed by atoms with Crippen molar-refractivity contribution in [3.63, 3.8) is 0 Å². The van der Waals surface area contributed by atoms with Crippen molar-refractivity contribution in [2.45, 2.75) is 19.3 Å². The van der Waals surface area contributed by atoms with Gasteiger partial charge in [-0.15, -0.1) is 6.58 Å². The number of unbranched alkanes of at least 4 members (excludes halogenated alkanes) is 1. The molecule has 0 saturated carbocycles. The molecule has 0 aliphatic rings. The highest BCUT2D eigenvalue weighted by atomic mass is 13.9. The van der Waals surface area contributed by atoms with E-state index in [0.717, 1.165) is 19.3 Å². The zero-order chi connectivity index (χ0) is 10.8. The molecule has 0 amide bonds. The van der Waals surface area contributed by atoms with E-state index in [1.165, 1.54) is 5.56 Å². The fourth-order valence-electron chi connectivity index (χ4n) is 1.27. The van der Waals surface area contributed by atoms with Gasteiger partial charge in [-0.1, -0.05) is 60.7 Å². The van der Waals surface area contributed by atoms with Crippen molar-refractivity contribution in [3.8, 4) is 0 Å². The highest BCUT2D eigenvalue weighted by molar-refractivity contribution is 5.48. The van der Waals surface area contributed by atoms with Crippen LogP contribution in [-0.4, -0.2) is 0 Å². The summed E-state index contributed by atoms with van der Waals surface area (Å²) in [6, 6.07) is 10.4. The van der Waals surface area contributed by atoms with Crippen LogP contribution < -0.4 is 0 Å². The Morgan fingerprint density at radius 2 is 1.73 bits per heavy atom. The lowest BCUT2D eigenvalue weighted by Gasteiger charge is -1.89. The topological polar surface area (TPSA) is 0 Å². The Labute approximate surface area is 92.6 Å². The van der Waals surface area contributed by atoms with Crippen LogP contribution in [0.4, 0.5) is 0 Å². The van der Waals surface area contributed by atoms with Crippen LogP contribution in [-0.2, 0) is 0 Å². The molecule has 78 valence electrons. The summed E-state index contributed by atoms with van der Waals surface area (Å²) in [7, 11) is 0. The van der Waals surface area contributed by atoms with Crippen LogP contribution in [0.3, 0.4) is 0 Å². The number of hydrogen-bond acceptors (Lipinski definition) is 0. The lowest BCUT2D eigenvalue weighted by Crippen LogP contribution is -1.68. The Balaban J connectivity index is 2.22. The molecule has 1 aromatic rings. The average molecular weight is 198 g/mol. The molecule has 0 radical (unpaired) electrons. The summed E-state index contributed by atoms with van der Waals surface area (Å²) in [6.07, 6.45) is 13.9. The number of rotatable bonds is 6. The van der Waals surface area contributed by atoms with Gasteiger partial charge in [0.25, 0.3) is 0 Å². The third-order valence-electron chi connectivity index (χ3n) is 2.09. The lowest BCUT2D eigenvalue weighted by molar-refractivity contribution is 1.05. The molecule has 1 aromatic carbocycles. The highest BCUT2D eigenvalue weighted by Crippen LogP contribution is 2.02. The minimum atomic E-state index is 1.01. The summed E-state index contributed by atoms with van der Waals surface area (Å²) in [5.74, 6) is 0. The van der Waals surface area contributed by atoms with Gasteiger partial charge in [-0.2, -0.15) is 0 Å². The Morgan fingerprint density at radius 3 is 2.47 bits per heavy atom. The van der Waals surface area contributed by atoms with E-state index in [4.69, 9.17) is 0 Å². The molecule has 15 heavy (non-hydrogen) atoms. The predicted molar refractivity (Wildman–Crippen MR) is 68.7 cm³/mol. The molecule has 0 bridgehead atoms. The standard InChI is InChI=1S/C15H18/c1-2-3-4-5-6-7-9-12-15-13-10-8-11-14-15/h2,5-6,8-14H,1,3-4,7H2/b6-5+,12-9+. The maximum atomic E-state index is 3.69. The molecule has 0 nitrogen and oxygen atoms in total. The SMILES string of the molecule is C=CCC/C=C/C/C=C/c1ccccc1. The van der Waals surface area contributed by atoms with Crippen LogP contribution in [0.5, 0.6) is 0 Å². The highest BCUT2D eigenvalue weighted by Gasteiger charge is 1.80. The number of hydrogen-bond donors (Lipinski definition) is 0. The molecule has 0 heterocycles. The van der Waals surface area contributed by atoms with E-state index in [9.17, 15) is 0 Å². The zero-order valence-corrected chi connectivity index (χ0v) is 9.10. The third kappa shape index (κ3) is 5.69. The summed E-state index contributed by atoms with van der Waals surface area (Å²) < 4.78 is 0. The Bertz CT molecular complexity index is 317. The van der Waals surface area contributed by atoms with Crippen LogP contribution >= 0.6 is 0 Å². The van der Waals surface area contributed by atoms with Crippen molar-refractivity contribution in [2.24, 2.45) is 0 Å². The van der Waals surface area contributed by atoms with E-state index in [2.05, 4.69) is 55.1 Å². The molecule has 0 atom stereocenters. The minimum absolute atomic E-state index is 1.01. The molecular formula is C15H18. The second-order valence-electron chi connectivity index (χ2n) is 3.39. The van der Waals surface area contributed by atoms with E-state index in [0.29, 0.717) is 0 Å². The van der Waals surface area contributed by atoms with E-state index in [1.54, 1.807) is 0 Å². The summed E-state index contributed by atoms with van der Waals surface area (Å²) in [4.78, 5) is 0. The van der Waals surface area contributed by atoms with Gasteiger partial charge in [0.05, 0.1) is 0 Å². The molecule has 0 aromatic heterocycles. The average Bonchev–Trinajstić information content (AvgIpc) is 2.29. The molecule has 0 aliphatic carbocycles. The molecule has 1 rings (SSSR count). The Morgan fingerprint density at radius 1 is 0.933 bits per heavy atom. The molecule has 0 spiro atoms. The summed E-state index contributed by atoms with van der Waals surface area (Å²) >= 11 is 0. The fraction of sp³-hybridized carbons (Fsp3) is 0.200. The third-order valence-corrected chi connectivity index (χ3v) is 2.09. The van der Waals surface area contributed by atoms with Gasteiger partial charge < -0.3 is 0 Å². The van der Waals surface area contributed by atoms with E-state index >= 15 is 0 Å². The van der Waals surface area contributed by atoms with Crippen LogP contribution in [0.15, 0.2) is 61.2 Å². The fourth-order valence-corrected chi connectivity index (χ4v) is 1.27. The van der Waals surface area contributed by atoms with Gasteiger partial charge in [0.2, 0.25) is 0 Å². The molecule has 0 saturated heterocycles. The molecule has 0 unspecified atom stereocenters. The Kier molecular flexibility index (Phi) is 5.99. The monoisotopic (exact) mass is 198 g/mol. The van der Waals surface area contributed by atoms with E-state index in [-0.39, 0.29) is 0 Å². The first kappa shape index (κ1) is 11.5. The van der Waals surface area contributed by atoms with Crippen molar-refractivity contribution in [2.75, 3.05) is 0 Å². The van der Waals surface area contributed by atoms with Gasteiger partial charge in [0.1, 0.15) is 0 Å². The molecule has 0 N–H and O–H groups in total. The maximum absolute atomic E-state index is 3.69. The van der Waals surface area contributed by atoms with E-state index in [1.807, 2.05) is 12.1 Å². The molecular weight excluding hydrogens is 180 g/mol. The maximum Gasteiger partial charge on any atom is -0.0166 e. The normalized spacial score (nSPS) is 11.2. The first-order valence-corrected chi connectivity index (χ1v) is 5.41. The number of benzene rings is 1. The van der Waals surface area contributed by atoms with Crippen LogP contribution in [0.1, 0.15) is 24.8 Å². The van der Waals surface area contributed by atoms with Gasteiger partial charge in [-0.3, -0.25) is 0 Å². The number of allylic oxidation sites excluding steroid dienone is 4.